The molecule has 0 fully saturated rings. The van der Waals surface area contributed by atoms with Gasteiger partial charge in [0.25, 0.3) is 5.56 Å². The van der Waals surface area contributed by atoms with Crippen LogP contribution in [-0.4, -0.2) is 39.6 Å². The van der Waals surface area contributed by atoms with Crippen LogP contribution in [0.15, 0.2) is 34.2 Å². The predicted molar refractivity (Wildman–Crippen MR) is 105 cm³/mol. The molecule has 2 aromatic rings. The summed E-state index contributed by atoms with van der Waals surface area (Å²) in [6.07, 6.45) is 1.85. The SMILES string of the molecule is CCCN1CCc2nc(SCC(=O)Nc3ccc(C)cc3)[nH]c(=O)c2C1. The van der Waals surface area contributed by atoms with Crippen molar-refractivity contribution in [1.29, 1.82) is 0 Å². The second-order valence-corrected chi connectivity index (χ2v) is 7.49. The van der Waals surface area contributed by atoms with Crippen LogP contribution in [0.4, 0.5) is 5.69 Å². The number of aromatic nitrogens is 2. The van der Waals surface area contributed by atoms with Gasteiger partial charge < -0.3 is 10.3 Å². The Balaban J connectivity index is 1.60. The summed E-state index contributed by atoms with van der Waals surface area (Å²) in [4.78, 5) is 34.1. The molecule has 1 aromatic carbocycles. The number of hydrogen-bond donors (Lipinski definition) is 2. The van der Waals surface area contributed by atoms with Crippen molar-refractivity contribution in [3.63, 3.8) is 0 Å². The van der Waals surface area contributed by atoms with E-state index in [2.05, 4.69) is 27.1 Å². The number of benzene rings is 1. The minimum atomic E-state index is -0.117. The molecule has 138 valence electrons. The summed E-state index contributed by atoms with van der Waals surface area (Å²) in [5, 5.41) is 3.36. The average Bonchev–Trinajstić information content (AvgIpc) is 2.63. The summed E-state index contributed by atoms with van der Waals surface area (Å²) in [6.45, 7) is 6.72. The summed E-state index contributed by atoms with van der Waals surface area (Å²) in [5.41, 5.74) is 3.45. The summed E-state index contributed by atoms with van der Waals surface area (Å²) in [5.74, 6) is 0.0886. The van der Waals surface area contributed by atoms with Gasteiger partial charge in [-0.15, -0.1) is 0 Å². The second kappa shape index (κ2) is 8.51. The Bertz CT molecular complexity index is 832. The molecule has 1 aliphatic heterocycles. The largest absolute Gasteiger partial charge is 0.325 e. The Hall–Kier alpha value is -2.12. The number of carbonyl (C=O) groups excluding carboxylic acids is 1. The highest BCUT2D eigenvalue weighted by molar-refractivity contribution is 7.99. The zero-order chi connectivity index (χ0) is 18.5. The molecule has 2 N–H and O–H groups in total. The van der Waals surface area contributed by atoms with Crippen LogP contribution < -0.4 is 10.9 Å². The molecular weight excluding hydrogens is 348 g/mol. The average molecular weight is 372 g/mol. The smallest absolute Gasteiger partial charge is 0.256 e. The molecule has 0 atom stereocenters. The highest BCUT2D eigenvalue weighted by Crippen LogP contribution is 2.18. The van der Waals surface area contributed by atoms with Crippen molar-refractivity contribution >= 4 is 23.4 Å². The van der Waals surface area contributed by atoms with Gasteiger partial charge in [0.2, 0.25) is 5.91 Å². The lowest BCUT2D eigenvalue weighted by Crippen LogP contribution is -2.36. The van der Waals surface area contributed by atoms with E-state index >= 15 is 0 Å². The molecule has 7 heteroatoms. The number of rotatable bonds is 6. The quantitative estimate of drug-likeness (QED) is 0.602. The molecule has 2 heterocycles. The third-order valence-corrected chi connectivity index (χ3v) is 5.21. The molecule has 0 bridgehead atoms. The van der Waals surface area contributed by atoms with Crippen LogP contribution in [0.1, 0.15) is 30.2 Å². The maximum Gasteiger partial charge on any atom is 0.256 e. The van der Waals surface area contributed by atoms with Crippen LogP contribution in [0, 0.1) is 6.92 Å². The number of thioether (sulfide) groups is 1. The van der Waals surface area contributed by atoms with E-state index in [0.29, 0.717) is 11.7 Å². The minimum Gasteiger partial charge on any atom is -0.325 e. The van der Waals surface area contributed by atoms with Gasteiger partial charge in [0.05, 0.1) is 17.0 Å². The highest BCUT2D eigenvalue weighted by atomic mass is 32.2. The Labute approximate surface area is 157 Å². The van der Waals surface area contributed by atoms with Crippen molar-refractivity contribution in [3.8, 4) is 0 Å². The van der Waals surface area contributed by atoms with E-state index in [0.717, 1.165) is 48.4 Å². The van der Waals surface area contributed by atoms with Gasteiger partial charge >= 0.3 is 0 Å². The Morgan fingerprint density at radius 1 is 1.35 bits per heavy atom. The Morgan fingerprint density at radius 2 is 2.12 bits per heavy atom. The Kier molecular flexibility index (Phi) is 6.11. The third-order valence-electron chi connectivity index (χ3n) is 4.34. The number of aromatic amines is 1. The fraction of sp³-hybridized carbons (Fsp3) is 0.421. The third kappa shape index (κ3) is 4.74. The van der Waals surface area contributed by atoms with Crippen LogP contribution in [0.5, 0.6) is 0 Å². The molecule has 6 nitrogen and oxygen atoms in total. The monoisotopic (exact) mass is 372 g/mol. The Morgan fingerprint density at radius 3 is 2.85 bits per heavy atom. The van der Waals surface area contributed by atoms with Crippen molar-refractivity contribution in [2.75, 3.05) is 24.2 Å². The molecular formula is C19H24N4O2S. The number of hydrogen-bond acceptors (Lipinski definition) is 5. The van der Waals surface area contributed by atoms with E-state index in [1.807, 2.05) is 31.2 Å². The standard InChI is InChI=1S/C19H24N4O2S/c1-3-9-23-10-8-16-15(11-23)18(25)22-19(21-16)26-12-17(24)20-14-6-4-13(2)5-7-14/h4-7H,3,8-12H2,1-2H3,(H,20,24)(H,21,22,25). The zero-order valence-corrected chi connectivity index (χ0v) is 16.0. The number of aryl methyl sites for hydroxylation is 1. The first-order valence-corrected chi connectivity index (χ1v) is 9.87. The first kappa shape index (κ1) is 18.7. The number of H-pyrrole nitrogens is 1. The van der Waals surface area contributed by atoms with Crippen LogP contribution in [0.3, 0.4) is 0 Å². The van der Waals surface area contributed by atoms with Crippen molar-refractivity contribution in [2.45, 2.75) is 38.4 Å². The van der Waals surface area contributed by atoms with Gasteiger partial charge in [-0.2, -0.15) is 0 Å². The van der Waals surface area contributed by atoms with E-state index in [1.54, 1.807) is 0 Å². The lowest BCUT2D eigenvalue weighted by atomic mass is 10.1. The number of nitrogens with zero attached hydrogens (tertiary/aromatic N) is 2. The molecule has 0 saturated heterocycles. The van der Waals surface area contributed by atoms with Crippen LogP contribution >= 0.6 is 11.8 Å². The lowest BCUT2D eigenvalue weighted by molar-refractivity contribution is -0.113. The van der Waals surface area contributed by atoms with Gasteiger partial charge in [0, 0.05) is 25.2 Å². The van der Waals surface area contributed by atoms with Crippen molar-refractivity contribution in [2.24, 2.45) is 0 Å². The molecule has 0 saturated carbocycles. The molecule has 0 radical (unpaired) electrons. The predicted octanol–water partition coefficient (Wildman–Crippen LogP) is 2.58. The normalized spacial score (nSPS) is 14.1. The number of anilines is 1. The number of nitrogens with one attached hydrogen (secondary N) is 2. The molecule has 1 aliphatic rings. The van der Waals surface area contributed by atoms with Gasteiger partial charge in [-0.1, -0.05) is 36.4 Å². The van der Waals surface area contributed by atoms with E-state index < -0.39 is 0 Å². The van der Waals surface area contributed by atoms with E-state index in [1.165, 1.54) is 11.8 Å². The molecule has 1 amide bonds. The van der Waals surface area contributed by atoms with Crippen molar-refractivity contribution in [1.82, 2.24) is 14.9 Å². The van der Waals surface area contributed by atoms with E-state index in [-0.39, 0.29) is 17.2 Å². The van der Waals surface area contributed by atoms with Gasteiger partial charge in [-0.05, 0) is 32.0 Å². The van der Waals surface area contributed by atoms with Crippen LogP contribution in [-0.2, 0) is 17.8 Å². The minimum absolute atomic E-state index is 0.0859. The summed E-state index contributed by atoms with van der Waals surface area (Å²) in [6, 6.07) is 7.65. The van der Waals surface area contributed by atoms with Crippen molar-refractivity contribution < 1.29 is 4.79 Å². The number of amides is 1. The molecule has 0 spiro atoms. The second-order valence-electron chi connectivity index (χ2n) is 6.53. The van der Waals surface area contributed by atoms with Gasteiger partial charge in [0.1, 0.15) is 0 Å². The first-order chi connectivity index (χ1) is 12.5. The molecule has 0 aliphatic carbocycles. The van der Waals surface area contributed by atoms with E-state index in [9.17, 15) is 9.59 Å². The topological polar surface area (TPSA) is 78.1 Å². The molecule has 1 aromatic heterocycles. The van der Waals surface area contributed by atoms with Crippen molar-refractivity contribution in [3.05, 3.63) is 51.4 Å². The van der Waals surface area contributed by atoms with Gasteiger partial charge in [0.15, 0.2) is 5.16 Å². The maximum atomic E-state index is 12.4. The van der Waals surface area contributed by atoms with E-state index in [4.69, 9.17) is 0 Å². The zero-order valence-electron chi connectivity index (χ0n) is 15.2. The molecule has 0 unspecified atom stereocenters. The van der Waals surface area contributed by atoms with Crippen LogP contribution in [0.2, 0.25) is 0 Å². The lowest BCUT2D eigenvalue weighted by Gasteiger charge is -2.27. The summed E-state index contributed by atoms with van der Waals surface area (Å²) in [7, 11) is 0. The van der Waals surface area contributed by atoms with Crippen LogP contribution in [0.25, 0.3) is 0 Å². The summed E-state index contributed by atoms with van der Waals surface area (Å²) >= 11 is 1.26. The molecule has 3 rings (SSSR count). The highest BCUT2D eigenvalue weighted by Gasteiger charge is 2.20. The van der Waals surface area contributed by atoms with Gasteiger partial charge in [-0.3, -0.25) is 14.5 Å². The maximum absolute atomic E-state index is 12.4. The number of fused-ring (bicyclic) bond motifs is 1. The van der Waals surface area contributed by atoms with Gasteiger partial charge in [-0.25, -0.2) is 4.98 Å². The number of carbonyl (C=O) groups is 1. The summed E-state index contributed by atoms with van der Waals surface area (Å²) < 4.78 is 0. The fourth-order valence-corrected chi connectivity index (χ4v) is 3.68. The fourth-order valence-electron chi connectivity index (χ4n) is 3.00. The molecule has 26 heavy (non-hydrogen) atoms. The first-order valence-electron chi connectivity index (χ1n) is 8.89.